The summed E-state index contributed by atoms with van der Waals surface area (Å²) in [6.07, 6.45) is 28.9. The first-order valence-electron chi connectivity index (χ1n) is 30.2. The van der Waals surface area contributed by atoms with Crippen molar-refractivity contribution in [2.45, 2.75) is 252 Å². The first kappa shape index (κ1) is 55.1. The van der Waals surface area contributed by atoms with Crippen LogP contribution < -0.4 is 0 Å². The molecule has 0 heterocycles. The minimum Gasteiger partial charge on any atom is -0.392 e. The molecule has 0 spiro atoms. The number of fused-ring (bicyclic) bond motifs is 14. The van der Waals surface area contributed by atoms with Crippen LogP contribution in [-0.4, -0.2) is 51.9 Å². The fraction of sp³-hybridized carbons (Fsp3) is 0.940. The van der Waals surface area contributed by atoms with Crippen molar-refractivity contribution in [1.29, 1.82) is 0 Å². The van der Waals surface area contributed by atoms with Gasteiger partial charge >= 0.3 is 0 Å². The van der Waals surface area contributed by atoms with Crippen molar-refractivity contribution in [3.8, 4) is 0 Å². The van der Waals surface area contributed by atoms with Gasteiger partial charge in [-0.25, -0.2) is 0 Å². The van der Waals surface area contributed by atoms with E-state index in [0.29, 0.717) is 90.0 Å². The molecule has 0 aromatic rings. The molecule has 18 unspecified atom stereocenters. The van der Waals surface area contributed by atoms with Gasteiger partial charge in [-0.05, 0) is 216 Å². The van der Waals surface area contributed by atoms with E-state index in [2.05, 4.69) is 137 Å². The van der Waals surface area contributed by atoms with Gasteiger partial charge in [-0.2, -0.15) is 0 Å². The lowest BCUT2D eigenvalue weighted by molar-refractivity contribution is -0.225. The van der Waals surface area contributed by atoms with Gasteiger partial charge in [0.2, 0.25) is 0 Å². The highest BCUT2D eigenvalue weighted by Gasteiger charge is 2.72. The van der Waals surface area contributed by atoms with E-state index in [4.69, 9.17) is 14.2 Å². The van der Waals surface area contributed by atoms with Gasteiger partial charge in [0, 0.05) is 32.2 Å². The molecule has 0 amide bonds. The van der Waals surface area contributed by atoms with E-state index in [-0.39, 0.29) is 22.3 Å². The van der Waals surface area contributed by atoms with E-state index in [1.54, 1.807) is 0 Å². The Kier molecular flexibility index (Phi) is 13.1. The van der Waals surface area contributed by atoms with Gasteiger partial charge in [-0.3, -0.25) is 0 Å². The average molecular weight is 984 g/mol. The van der Waals surface area contributed by atoms with Crippen molar-refractivity contribution in [2.24, 2.45) is 111 Å². The summed E-state index contributed by atoms with van der Waals surface area (Å²) in [4.78, 5) is 0. The quantitative estimate of drug-likeness (QED) is 0.279. The standard InChI is InChI=1S/C34H58O2.C33H56O2/c1-28(2)20-24-23-12-13-26-30(5)16-15-27(36-11)31(6,22-35-10)25(30)14-17-34(26,9)33(23,8)19-18-32(24,7)29(3,4)21-28;1-27(2)19-23-22-11-12-25-29(5)15-14-26(34)30(6,21-35-10)24(29)13-16-33(25,9)32(22,8)18-17-31(23,7)28(3,4)20-27/h12,24-27H,13-22H2,1-11H3;11,23-26,34H,12-21H2,1-10H3. The summed E-state index contributed by atoms with van der Waals surface area (Å²) >= 11 is 0. The van der Waals surface area contributed by atoms with Crippen molar-refractivity contribution < 1.29 is 19.3 Å². The SMILES string of the molecule is COCC1(C)C(O)CCC2(C)C1CCC1(C)C2CC=C2C3CC(C)(C)CC(C)(C)C3(C)CCC21C.COCC1(C)C(OC)CCC2(C)C1CCC1(C)C2CC=C2C3CC(C)(C)CC(C)(C)C3(C)CCC21C. The first-order valence-corrected chi connectivity index (χ1v) is 30.2. The third kappa shape index (κ3) is 7.31. The zero-order valence-electron chi connectivity index (χ0n) is 50.6. The molecule has 8 saturated carbocycles. The third-order valence-corrected chi connectivity index (χ3v) is 28.8. The highest BCUT2D eigenvalue weighted by Crippen LogP contribution is 2.80. The van der Waals surface area contributed by atoms with Crippen molar-refractivity contribution in [3.63, 3.8) is 0 Å². The maximum Gasteiger partial charge on any atom is 0.0650 e. The largest absolute Gasteiger partial charge is 0.392 e. The molecule has 10 aliphatic carbocycles. The van der Waals surface area contributed by atoms with E-state index in [1.165, 1.54) is 109 Å². The predicted molar refractivity (Wildman–Crippen MR) is 297 cm³/mol. The summed E-state index contributed by atoms with van der Waals surface area (Å²) in [6, 6.07) is 0. The zero-order valence-corrected chi connectivity index (χ0v) is 50.6. The van der Waals surface area contributed by atoms with Gasteiger partial charge in [0.1, 0.15) is 0 Å². The first-order chi connectivity index (χ1) is 32.6. The lowest BCUT2D eigenvalue weighted by Crippen LogP contribution is -2.66. The molecule has 10 rings (SSSR count). The maximum absolute atomic E-state index is 11.2. The molecular formula is C67H114O4. The second kappa shape index (κ2) is 16.9. The van der Waals surface area contributed by atoms with Gasteiger partial charge in [-0.1, -0.05) is 148 Å². The number of allylic oxidation sites excluding steroid dienone is 4. The molecule has 0 aliphatic heterocycles. The van der Waals surface area contributed by atoms with Gasteiger partial charge < -0.3 is 19.3 Å². The third-order valence-electron chi connectivity index (χ3n) is 28.8. The number of aliphatic hydroxyl groups excluding tert-OH is 1. The fourth-order valence-corrected chi connectivity index (χ4v) is 24.4. The summed E-state index contributed by atoms with van der Waals surface area (Å²) in [5.41, 5.74) is 8.11. The second-order valence-corrected chi connectivity index (χ2v) is 33.6. The fourth-order valence-electron chi connectivity index (χ4n) is 24.4. The Morgan fingerprint density at radius 1 is 0.451 bits per heavy atom. The van der Waals surface area contributed by atoms with E-state index in [9.17, 15) is 5.11 Å². The number of hydrogen-bond donors (Lipinski definition) is 1. The lowest BCUT2D eigenvalue weighted by atomic mass is 9.32. The smallest absolute Gasteiger partial charge is 0.0650 e. The monoisotopic (exact) mass is 983 g/mol. The molecular weight excluding hydrogens is 869 g/mol. The highest BCUT2D eigenvalue weighted by molar-refractivity contribution is 5.36. The van der Waals surface area contributed by atoms with Crippen LogP contribution in [0.15, 0.2) is 23.3 Å². The minimum absolute atomic E-state index is 0.102. The van der Waals surface area contributed by atoms with Crippen molar-refractivity contribution in [3.05, 3.63) is 23.3 Å². The number of aliphatic hydroxyl groups is 1. The Hall–Kier alpha value is -0.680. The Balaban J connectivity index is 0.000000176. The number of rotatable bonds is 5. The maximum atomic E-state index is 11.2. The van der Waals surface area contributed by atoms with E-state index in [0.717, 1.165) is 30.8 Å². The van der Waals surface area contributed by atoms with Crippen LogP contribution in [0.2, 0.25) is 0 Å². The molecule has 71 heavy (non-hydrogen) atoms. The average Bonchev–Trinajstić information content (AvgIpc) is 3.24. The second-order valence-electron chi connectivity index (χ2n) is 33.6. The molecule has 0 radical (unpaired) electrons. The lowest BCUT2D eigenvalue weighted by Gasteiger charge is -2.73. The van der Waals surface area contributed by atoms with Gasteiger partial charge in [-0.15, -0.1) is 0 Å². The van der Waals surface area contributed by atoms with Crippen LogP contribution >= 0.6 is 0 Å². The Labute approximate surface area is 439 Å². The summed E-state index contributed by atoms with van der Waals surface area (Å²) in [5, 5.41) is 11.2. The molecule has 4 heteroatoms. The number of methoxy groups -OCH3 is 3. The summed E-state index contributed by atoms with van der Waals surface area (Å²) < 4.78 is 17.8. The Morgan fingerprint density at radius 2 is 0.845 bits per heavy atom. The summed E-state index contributed by atoms with van der Waals surface area (Å²) in [7, 11) is 5.64. The van der Waals surface area contributed by atoms with E-state index < -0.39 is 0 Å². The normalized spacial score (nSPS) is 53.9. The van der Waals surface area contributed by atoms with Gasteiger partial charge in [0.15, 0.2) is 0 Å². The molecule has 1 N–H and O–H groups in total. The number of hydrogen-bond acceptors (Lipinski definition) is 4. The Bertz CT molecular complexity index is 2110. The van der Waals surface area contributed by atoms with Crippen LogP contribution in [-0.2, 0) is 14.2 Å². The number of ether oxygens (including phenoxy) is 3. The Morgan fingerprint density at radius 3 is 1.25 bits per heavy atom. The van der Waals surface area contributed by atoms with Crippen LogP contribution in [0.4, 0.5) is 0 Å². The zero-order chi connectivity index (χ0) is 52.5. The van der Waals surface area contributed by atoms with Gasteiger partial charge in [0.05, 0.1) is 25.4 Å². The molecule has 18 atom stereocenters. The van der Waals surface area contributed by atoms with Crippen LogP contribution in [0.25, 0.3) is 0 Å². The minimum atomic E-state index is -0.239. The van der Waals surface area contributed by atoms with Crippen LogP contribution in [0.5, 0.6) is 0 Å². The topological polar surface area (TPSA) is 47.9 Å². The molecule has 406 valence electrons. The molecule has 0 bridgehead atoms. The van der Waals surface area contributed by atoms with Crippen molar-refractivity contribution >= 4 is 0 Å². The van der Waals surface area contributed by atoms with E-state index >= 15 is 0 Å². The molecule has 8 fully saturated rings. The molecule has 0 aromatic heterocycles. The summed E-state index contributed by atoms with van der Waals surface area (Å²) in [6.45, 7) is 48.3. The van der Waals surface area contributed by atoms with Crippen LogP contribution in [0.3, 0.4) is 0 Å². The van der Waals surface area contributed by atoms with Crippen LogP contribution in [0.1, 0.15) is 240 Å². The van der Waals surface area contributed by atoms with Crippen molar-refractivity contribution in [1.82, 2.24) is 0 Å². The summed E-state index contributed by atoms with van der Waals surface area (Å²) in [5.74, 6) is 4.11. The predicted octanol–water partition coefficient (Wildman–Crippen LogP) is 17.5. The molecule has 0 saturated heterocycles. The highest BCUT2D eigenvalue weighted by atomic mass is 16.5. The van der Waals surface area contributed by atoms with E-state index in [1.807, 2.05) is 32.5 Å². The molecule has 10 aliphatic rings. The molecule has 0 aromatic carbocycles. The van der Waals surface area contributed by atoms with Gasteiger partial charge in [0.25, 0.3) is 0 Å². The van der Waals surface area contributed by atoms with Crippen molar-refractivity contribution in [2.75, 3.05) is 34.5 Å². The molecule has 4 nitrogen and oxygen atoms in total. The van der Waals surface area contributed by atoms with Crippen LogP contribution in [0, 0.1) is 111 Å².